The van der Waals surface area contributed by atoms with E-state index in [1.807, 2.05) is 18.9 Å². The molecule has 4 heteroatoms. The maximum atomic E-state index is 12.2. The second-order valence-electron chi connectivity index (χ2n) is 4.87. The molecule has 1 saturated carbocycles. The average Bonchev–Trinajstić information content (AvgIpc) is 2.28. The van der Waals surface area contributed by atoms with Crippen LogP contribution in [0, 0.1) is 5.92 Å². The summed E-state index contributed by atoms with van der Waals surface area (Å²) in [7, 11) is 3.52. The predicted octanol–water partition coefficient (Wildman–Crippen LogP) is 0.997. The van der Waals surface area contributed by atoms with Gasteiger partial charge in [-0.3, -0.25) is 4.79 Å². The van der Waals surface area contributed by atoms with Crippen molar-refractivity contribution in [2.45, 2.75) is 44.7 Å². The number of nitrogens with two attached hydrogens (primary N) is 1. The lowest BCUT2D eigenvalue weighted by molar-refractivity contribution is -0.138. The summed E-state index contributed by atoms with van der Waals surface area (Å²) in [5, 5.41) is 0. The fraction of sp³-hybridized carbons (Fsp3) is 0.917. The molecule has 0 spiro atoms. The molecular formula is C12H24N2O2. The summed E-state index contributed by atoms with van der Waals surface area (Å²) in [4.78, 5) is 14.0. The molecule has 1 aliphatic carbocycles. The maximum Gasteiger partial charge on any atom is 0.225 e. The lowest BCUT2D eigenvalue weighted by atomic mass is 9.85. The molecule has 0 bridgehead atoms. The van der Waals surface area contributed by atoms with Crippen LogP contribution in [0.25, 0.3) is 0 Å². The number of hydrogen-bond acceptors (Lipinski definition) is 3. The second-order valence-corrected chi connectivity index (χ2v) is 4.87. The van der Waals surface area contributed by atoms with Gasteiger partial charge in [-0.25, -0.2) is 0 Å². The molecule has 0 aromatic carbocycles. The first-order chi connectivity index (χ1) is 7.56. The van der Waals surface area contributed by atoms with E-state index in [9.17, 15) is 4.79 Å². The minimum absolute atomic E-state index is 0.146. The van der Waals surface area contributed by atoms with Gasteiger partial charge in [0.2, 0.25) is 5.91 Å². The van der Waals surface area contributed by atoms with Crippen LogP contribution < -0.4 is 5.73 Å². The van der Waals surface area contributed by atoms with Gasteiger partial charge in [-0.1, -0.05) is 0 Å². The molecule has 0 saturated heterocycles. The van der Waals surface area contributed by atoms with Gasteiger partial charge < -0.3 is 15.4 Å². The van der Waals surface area contributed by atoms with Crippen molar-refractivity contribution < 1.29 is 9.53 Å². The van der Waals surface area contributed by atoms with Gasteiger partial charge in [-0.15, -0.1) is 0 Å². The van der Waals surface area contributed by atoms with E-state index < -0.39 is 0 Å². The van der Waals surface area contributed by atoms with Crippen molar-refractivity contribution in [2.24, 2.45) is 11.7 Å². The van der Waals surface area contributed by atoms with Gasteiger partial charge >= 0.3 is 0 Å². The van der Waals surface area contributed by atoms with Crippen LogP contribution in [0.2, 0.25) is 0 Å². The Morgan fingerprint density at radius 2 is 2.00 bits per heavy atom. The van der Waals surface area contributed by atoms with Gasteiger partial charge in [0.25, 0.3) is 0 Å². The number of methoxy groups -OCH3 is 1. The van der Waals surface area contributed by atoms with Crippen molar-refractivity contribution in [1.29, 1.82) is 0 Å². The van der Waals surface area contributed by atoms with Gasteiger partial charge in [0.1, 0.15) is 0 Å². The molecule has 0 aromatic rings. The molecule has 0 radical (unpaired) electrons. The zero-order chi connectivity index (χ0) is 12.1. The number of likely N-dealkylation sites (N-methyl/N-ethyl adjacent to an activating group) is 1. The molecule has 1 amide bonds. The van der Waals surface area contributed by atoms with Gasteiger partial charge in [0, 0.05) is 26.1 Å². The molecule has 1 atom stereocenters. The van der Waals surface area contributed by atoms with Crippen LogP contribution in [-0.4, -0.2) is 43.7 Å². The molecule has 1 fully saturated rings. The lowest BCUT2D eigenvalue weighted by Crippen LogP contribution is -2.43. The zero-order valence-electron chi connectivity index (χ0n) is 10.6. The Kier molecular flexibility index (Phi) is 5.22. The highest BCUT2D eigenvalue weighted by molar-refractivity contribution is 5.79. The third-order valence-electron chi connectivity index (χ3n) is 3.54. The van der Waals surface area contributed by atoms with E-state index in [1.165, 1.54) is 0 Å². The Balaban J connectivity index is 2.44. The van der Waals surface area contributed by atoms with Crippen molar-refractivity contribution in [3.8, 4) is 0 Å². The normalized spacial score (nSPS) is 27.5. The number of carbonyl (C=O) groups excluding carboxylic acids is 1. The van der Waals surface area contributed by atoms with Crippen LogP contribution in [0.1, 0.15) is 32.6 Å². The van der Waals surface area contributed by atoms with Crippen LogP contribution in [-0.2, 0) is 9.53 Å². The summed E-state index contributed by atoms with van der Waals surface area (Å²) in [6, 6.07) is 0.443. The second kappa shape index (κ2) is 6.21. The van der Waals surface area contributed by atoms with Gasteiger partial charge in [0.05, 0.1) is 12.6 Å². The fourth-order valence-corrected chi connectivity index (χ4v) is 2.22. The van der Waals surface area contributed by atoms with E-state index >= 15 is 0 Å². The molecule has 0 aromatic heterocycles. The van der Waals surface area contributed by atoms with Gasteiger partial charge in [-0.2, -0.15) is 0 Å². The summed E-state index contributed by atoms with van der Waals surface area (Å²) in [6.07, 6.45) is 3.82. The smallest absolute Gasteiger partial charge is 0.225 e. The van der Waals surface area contributed by atoms with E-state index in [0.29, 0.717) is 12.6 Å². The molecule has 1 unspecified atom stereocenters. The largest absolute Gasteiger partial charge is 0.383 e. The molecule has 16 heavy (non-hydrogen) atoms. The molecule has 94 valence electrons. The number of hydrogen-bond donors (Lipinski definition) is 1. The number of ether oxygens (including phenoxy) is 1. The Bertz CT molecular complexity index is 221. The van der Waals surface area contributed by atoms with Crippen LogP contribution >= 0.6 is 0 Å². The quantitative estimate of drug-likeness (QED) is 0.781. The molecular weight excluding hydrogens is 204 g/mol. The minimum atomic E-state index is 0.146. The van der Waals surface area contributed by atoms with E-state index in [4.69, 9.17) is 10.5 Å². The summed E-state index contributed by atoms with van der Waals surface area (Å²) >= 11 is 0. The summed E-state index contributed by atoms with van der Waals surface area (Å²) in [5.41, 5.74) is 5.84. The SMILES string of the molecule is COCC(C)N(C)C(=O)C1CCC(N)CC1. The maximum absolute atomic E-state index is 12.2. The average molecular weight is 228 g/mol. The Hall–Kier alpha value is -0.610. The fourth-order valence-electron chi connectivity index (χ4n) is 2.22. The summed E-state index contributed by atoms with van der Waals surface area (Å²) in [6.45, 7) is 2.60. The standard InChI is InChI=1S/C12H24N2O2/c1-9(8-16-3)14(2)12(15)10-4-6-11(13)7-5-10/h9-11H,4-8,13H2,1-3H3. The van der Waals surface area contributed by atoms with Crippen molar-refractivity contribution in [3.05, 3.63) is 0 Å². The number of rotatable bonds is 4. The Morgan fingerprint density at radius 3 is 2.50 bits per heavy atom. The monoisotopic (exact) mass is 228 g/mol. The third kappa shape index (κ3) is 3.46. The van der Waals surface area contributed by atoms with Crippen molar-refractivity contribution in [3.63, 3.8) is 0 Å². The predicted molar refractivity (Wildman–Crippen MR) is 64.0 cm³/mol. The third-order valence-corrected chi connectivity index (χ3v) is 3.54. The van der Waals surface area contributed by atoms with Crippen molar-refractivity contribution in [1.82, 2.24) is 4.90 Å². The molecule has 1 aliphatic rings. The molecule has 4 nitrogen and oxygen atoms in total. The van der Waals surface area contributed by atoms with Crippen molar-refractivity contribution in [2.75, 3.05) is 20.8 Å². The summed E-state index contributed by atoms with van der Waals surface area (Å²) in [5.74, 6) is 0.417. The van der Waals surface area contributed by atoms with E-state index in [2.05, 4.69) is 0 Å². The molecule has 2 N–H and O–H groups in total. The van der Waals surface area contributed by atoms with E-state index in [0.717, 1.165) is 25.7 Å². The number of nitrogens with zero attached hydrogens (tertiary/aromatic N) is 1. The van der Waals surface area contributed by atoms with Crippen LogP contribution in [0.5, 0.6) is 0 Å². The highest BCUT2D eigenvalue weighted by atomic mass is 16.5. The van der Waals surface area contributed by atoms with Crippen molar-refractivity contribution >= 4 is 5.91 Å². The van der Waals surface area contributed by atoms with E-state index in [-0.39, 0.29) is 17.9 Å². The first kappa shape index (κ1) is 13.5. The number of carbonyl (C=O) groups is 1. The van der Waals surface area contributed by atoms with E-state index in [1.54, 1.807) is 7.11 Å². The first-order valence-electron chi connectivity index (χ1n) is 6.07. The topological polar surface area (TPSA) is 55.6 Å². The van der Waals surface area contributed by atoms with Gasteiger partial charge in [-0.05, 0) is 32.6 Å². The highest BCUT2D eigenvalue weighted by Crippen LogP contribution is 2.25. The zero-order valence-corrected chi connectivity index (χ0v) is 10.6. The van der Waals surface area contributed by atoms with Gasteiger partial charge in [0.15, 0.2) is 0 Å². The van der Waals surface area contributed by atoms with Crippen LogP contribution in [0.3, 0.4) is 0 Å². The first-order valence-corrected chi connectivity index (χ1v) is 6.07. The lowest BCUT2D eigenvalue weighted by Gasteiger charge is -2.31. The molecule has 0 aliphatic heterocycles. The van der Waals surface area contributed by atoms with Crippen LogP contribution in [0.4, 0.5) is 0 Å². The molecule has 1 rings (SSSR count). The minimum Gasteiger partial charge on any atom is -0.383 e. The van der Waals surface area contributed by atoms with Crippen LogP contribution in [0.15, 0.2) is 0 Å². The number of amides is 1. The molecule has 0 heterocycles. The highest BCUT2D eigenvalue weighted by Gasteiger charge is 2.28. The Morgan fingerprint density at radius 1 is 1.44 bits per heavy atom. The Labute approximate surface area is 98.1 Å². The summed E-state index contributed by atoms with van der Waals surface area (Å²) < 4.78 is 5.07.